The summed E-state index contributed by atoms with van der Waals surface area (Å²) in [6.07, 6.45) is 2.36. The first-order chi connectivity index (χ1) is 10.9. The Morgan fingerprint density at radius 2 is 1.87 bits per heavy atom. The normalized spacial score (nSPS) is 16.3. The van der Waals surface area contributed by atoms with Gasteiger partial charge < -0.3 is 9.84 Å². The Balaban J connectivity index is 2.43. The molecule has 0 heterocycles. The van der Waals surface area contributed by atoms with E-state index < -0.39 is 11.8 Å². The molecule has 0 spiro atoms. The molecule has 1 aliphatic rings. The third-order valence-electron chi connectivity index (χ3n) is 3.40. The second-order valence-corrected chi connectivity index (χ2v) is 5.38. The topological polar surface area (TPSA) is 76.0 Å². The molecule has 5 heteroatoms. The molecule has 0 fully saturated rings. The fourth-order valence-corrected chi connectivity index (χ4v) is 2.14. The van der Waals surface area contributed by atoms with E-state index in [1.54, 1.807) is 19.1 Å². The molecular formula is C18H19NO4. The van der Waals surface area contributed by atoms with Crippen molar-refractivity contribution < 1.29 is 19.4 Å². The van der Waals surface area contributed by atoms with Crippen LogP contribution < -0.4 is 0 Å². The molecule has 0 saturated carbocycles. The molecule has 1 aromatic rings. The molecule has 23 heavy (non-hydrogen) atoms. The number of carbonyl (C=O) groups excluding carboxylic acids is 2. The summed E-state index contributed by atoms with van der Waals surface area (Å²) in [6.45, 7) is 5.95. The maximum Gasteiger partial charge on any atom is 0.344 e. The number of aliphatic imine (C=N–C) groups is 1. The zero-order chi connectivity index (χ0) is 17.0. The monoisotopic (exact) mass is 313 g/mol. The summed E-state index contributed by atoms with van der Waals surface area (Å²) in [4.78, 5) is 28.3. The molecular weight excluding hydrogens is 294 g/mol. The van der Waals surface area contributed by atoms with E-state index >= 15 is 0 Å². The molecule has 0 saturated heterocycles. The van der Waals surface area contributed by atoms with E-state index in [9.17, 15) is 14.7 Å². The average molecular weight is 313 g/mol. The van der Waals surface area contributed by atoms with Crippen LogP contribution in [-0.2, 0) is 14.3 Å². The Hall–Kier alpha value is -2.69. The van der Waals surface area contributed by atoms with E-state index in [1.807, 2.05) is 12.1 Å². The van der Waals surface area contributed by atoms with Gasteiger partial charge in [0.1, 0.15) is 17.0 Å². The van der Waals surface area contributed by atoms with Crippen molar-refractivity contribution in [2.75, 3.05) is 6.61 Å². The van der Waals surface area contributed by atoms with Gasteiger partial charge in [-0.2, -0.15) is 0 Å². The summed E-state index contributed by atoms with van der Waals surface area (Å²) in [5, 5.41) is 9.91. The lowest BCUT2D eigenvalue weighted by Crippen LogP contribution is -2.26. The van der Waals surface area contributed by atoms with Gasteiger partial charge >= 0.3 is 5.97 Å². The molecule has 0 bridgehead atoms. The zero-order valence-corrected chi connectivity index (χ0v) is 13.4. The second-order valence-electron chi connectivity index (χ2n) is 5.38. The standard InChI is InChI=1S/C18H19NO4/c1-4-23-18(22)16-14(20)9-10-15(21)17(16)19-13-7-5-12(6-8-13)11(2)3/h5-11,20H,4H2,1-3H3. The van der Waals surface area contributed by atoms with Gasteiger partial charge in [-0.15, -0.1) is 0 Å². The van der Waals surface area contributed by atoms with Crippen LogP contribution in [-0.4, -0.2) is 29.2 Å². The highest BCUT2D eigenvalue weighted by Gasteiger charge is 2.29. The molecule has 2 rings (SSSR count). The van der Waals surface area contributed by atoms with E-state index in [-0.39, 0.29) is 23.7 Å². The zero-order valence-electron chi connectivity index (χ0n) is 13.4. The van der Waals surface area contributed by atoms with Gasteiger partial charge in [0.05, 0.1) is 12.3 Å². The molecule has 0 aliphatic heterocycles. The Morgan fingerprint density at radius 1 is 1.22 bits per heavy atom. The number of hydrogen-bond donors (Lipinski definition) is 1. The van der Waals surface area contributed by atoms with Crippen molar-refractivity contribution >= 4 is 23.2 Å². The number of nitrogens with zero attached hydrogens (tertiary/aromatic N) is 1. The highest BCUT2D eigenvalue weighted by atomic mass is 16.5. The predicted molar refractivity (Wildman–Crippen MR) is 88.1 cm³/mol. The lowest BCUT2D eigenvalue weighted by molar-refractivity contribution is -0.138. The maximum absolute atomic E-state index is 12.1. The minimum Gasteiger partial charge on any atom is -0.507 e. The lowest BCUT2D eigenvalue weighted by atomic mass is 9.99. The van der Waals surface area contributed by atoms with E-state index in [0.29, 0.717) is 11.6 Å². The number of ketones is 1. The molecule has 120 valence electrons. The van der Waals surface area contributed by atoms with Gasteiger partial charge in [0.15, 0.2) is 0 Å². The molecule has 1 aliphatic carbocycles. The summed E-state index contributed by atoms with van der Waals surface area (Å²) in [5.41, 5.74) is 1.36. The van der Waals surface area contributed by atoms with Crippen molar-refractivity contribution in [3.05, 3.63) is 53.3 Å². The van der Waals surface area contributed by atoms with Crippen molar-refractivity contribution in [3.8, 4) is 0 Å². The van der Waals surface area contributed by atoms with Crippen LogP contribution in [0.25, 0.3) is 0 Å². The number of rotatable bonds is 4. The first-order valence-corrected chi connectivity index (χ1v) is 7.45. The van der Waals surface area contributed by atoms with E-state index in [0.717, 1.165) is 5.56 Å². The van der Waals surface area contributed by atoms with E-state index in [2.05, 4.69) is 18.8 Å². The number of esters is 1. The van der Waals surface area contributed by atoms with Crippen LogP contribution in [0.15, 0.2) is 52.7 Å². The van der Waals surface area contributed by atoms with Crippen LogP contribution in [0.5, 0.6) is 0 Å². The highest BCUT2D eigenvalue weighted by Crippen LogP contribution is 2.22. The first-order valence-electron chi connectivity index (χ1n) is 7.45. The third-order valence-corrected chi connectivity index (χ3v) is 3.40. The minimum absolute atomic E-state index is 0.110. The van der Waals surface area contributed by atoms with Crippen molar-refractivity contribution in [3.63, 3.8) is 0 Å². The van der Waals surface area contributed by atoms with Crippen LogP contribution >= 0.6 is 0 Å². The fourth-order valence-electron chi connectivity index (χ4n) is 2.14. The number of aliphatic hydroxyl groups excluding tert-OH is 1. The molecule has 0 unspecified atom stereocenters. The fraction of sp³-hybridized carbons (Fsp3) is 0.278. The van der Waals surface area contributed by atoms with E-state index in [1.165, 1.54) is 12.2 Å². The van der Waals surface area contributed by atoms with Crippen LogP contribution in [0.3, 0.4) is 0 Å². The number of aliphatic hydroxyl groups is 1. The number of hydrogen-bond acceptors (Lipinski definition) is 5. The number of ether oxygens (including phenoxy) is 1. The van der Waals surface area contributed by atoms with Gasteiger partial charge in [0.2, 0.25) is 5.78 Å². The maximum atomic E-state index is 12.1. The Morgan fingerprint density at radius 3 is 2.43 bits per heavy atom. The van der Waals surface area contributed by atoms with Crippen molar-refractivity contribution in [2.45, 2.75) is 26.7 Å². The van der Waals surface area contributed by atoms with Crippen molar-refractivity contribution in [1.82, 2.24) is 0 Å². The summed E-state index contributed by atoms with van der Waals surface area (Å²) >= 11 is 0. The number of allylic oxidation sites excluding steroid dienone is 2. The molecule has 1 aromatic carbocycles. The minimum atomic E-state index is -0.764. The molecule has 1 N–H and O–H groups in total. The van der Waals surface area contributed by atoms with Crippen LogP contribution in [0, 0.1) is 0 Å². The smallest absolute Gasteiger partial charge is 0.344 e. The van der Waals surface area contributed by atoms with E-state index in [4.69, 9.17) is 4.74 Å². The molecule has 0 atom stereocenters. The Kier molecular flexibility index (Phi) is 5.11. The average Bonchev–Trinajstić information content (AvgIpc) is 2.51. The summed E-state index contributed by atoms with van der Waals surface area (Å²) in [7, 11) is 0. The predicted octanol–water partition coefficient (Wildman–Crippen LogP) is 3.40. The quantitative estimate of drug-likeness (QED) is 0.683. The van der Waals surface area contributed by atoms with Gasteiger partial charge in [-0.05, 0) is 42.7 Å². The van der Waals surface area contributed by atoms with Gasteiger partial charge in [-0.25, -0.2) is 9.79 Å². The molecule has 0 amide bonds. The Labute approximate surface area is 135 Å². The van der Waals surface area contributed by atoms with Gasteiger partial charge in [0.25, 0.3) is 0 Å². The summed E-state index contributed by atoms with van der Waals surface area (Å²) in [6, 6.07) is 7.38. The molecule has 0 radical (unpaired) electrons. The summed E-state index contributed by atoms with van der Waals surface area (Å²) in [5.74, 6) is -1.14. The van der Waals surface area contributed by atoms with Crippen molar-refractivity contribution in [1.29, 1.82) is 0 Å². The second kappa shape index (κ2) is 7.05. The highest BCUT2D eigenvalue weighted by molar-refractivity contribution is 6.55. The van der Waals surface area contributed by atoms with Gasteiger partial charge in [-0.1, -0.05) is 26.0 Å². The van der Waals surface area contributed by atoms with Gasteiger partial charge in [-0.3, -0.25) is 4.79 Å². The molecule has 5 nitrogen and oxygen atoms in total. The number of benzene rings is 1. The SMILES string of the molecule is CCOC(=O)C1=C(O)C=CC(=O)C1=Nc1ccc(C(C)C)cc1. The van der Waals surface area contributed by atoms with Crippen LogP contribution in [0.2, 0.25) is 0 Å². The molecule has 0 aromatic heterocycles. The van der Waals surface area contributed by atoms with Crippen molar-refractivity contribution in [2.24, 2.45) is 4.99 Å². The Bertz CT molecular complexity index is 709. The van der Waals surface area contributed by atoms with Crippen LogP contribution in [0.4, 0.5) is 5.69 Å². The first kappa shape index (κ1) is 16.7. The number of carbonyl (C=O) groups is 2. The third kappa shape index (κ3) is 3.74. The summed E-state index contributed by atoms with van der Waals surface area (Å²) < 4.78 is 4.89. The largest absolute Gasteiger partial charge is 0.507 e. The lowest BCUT2D eigenvalue weighted by Gasteiger charge is -2.13. The van der Waals surface area contributed by atoms with Gasteiger partial charge in [0, 0.05) is 0 Å². The van der Waals surface area contributed by atoms with Crippen LogP contribution in [0.1, 0.15) is 32.3 Å².